The zero-order chi connectivity index (χ0) is 13.9. The summed E-state index contributed by atoms with van der Waals surface area (Å²) < 4.78 is 5.56. The average Bonchev–Trinajstić information content (AvgIpc) is 2.17. The Kier molecular flexibility index (Phi) is 4.72. The lowest BCUT2D eigenvalue weighted by atomic mass is 10.1. The van der Waals surface area contributed by atoms with E-state index in [-0.39, 0.29) is 0 Å². The van der Waals surface area contributed by atoms with E-state index in [1.807, 2.05) is 62.4 Å². The number of aryl methyl sites for hydroxylation is 1. The Morgan fingerprint density at radius 3 is 2.50 bits per heavy atom. The lowest BCUT2D eigenvalue weighted by molar-refractivity contribution is 0.0636. The molecule has 4 nitrogen and oxygen atoms in total. The van der Waals surface area contributed by atoms with Gasteiger partial charge in [-0.25, -0.2) is 4.79 Å². The first-order valence-corrected chi connectivity index (χ1v) is 6.62. The number of anilines is 1. The van der Waals surface area contributed by atoms with Gasteiger partial charge in [-0.05, 0) is 62.4 Å². The first-order valence-electron chi connectivity index (χ1n) is 5.54. The Balaban J connectivity index is 2.91. The number of halogens is 1. The Hall–Kier alpha value is -1.11. The summed E-state index contributed by atoms with van der Waals surface area (Å²) in [5.74, 6) is 0. The third-order valence-electron chi connectivity index (χ3n) is 2.05. The first-order chi connectivity index (χ1) is 8.19. The molecule has 0 aliphatic carbocycles. The predicted molar refractivity (Wildman–Crippen MR) is 81.9 cm³/mol. The van der Waals surface area contributed by atoms with E-state index < -0.39 is 11.7 Å². The minimum atomic E-state index is -0.535. The maximum absolute atomic E-state index is 11.7. The predicted octanol–water partition coefficient (Wildman–Crippen LogP) is 4.10. The molecule has 98 valence electrons. The number of amides is 1. The van der Waals surface area contributed by atoms with Crippen molar-refractivity contribution in [3.63, 3.8) is 0 Å². The monoisotopic (exact) mass is 360 g/mol. The molecule has 0 radical (unpaired) electrons. The molecule has 1 aromatic rings. The summed E-state index contributed by atoms with van der Waals surface area (Å²) in [4.78, 5) is 11.7. The van der Waals surface area contributed by atoms with Crippen molar-refractivity contribution in [3.05, 3.63) is 29.3 Å². The molecule has 0 unspecified atom stereocenters. The van der Waals surface area contributed by atoms with Gasteiger partial charge >= 0.3 is 6.09 Å². The van der Waals surface area contributed by atoms with Crippen LogP contribution in [0.4, 0.5) is 10.5 Å². The fourth-order valence-electron chi connectivity index (χ4n) is 1.36. The van der Waals surface area contributed by atoms with Crippen molar-refractivity contribution in [2.24, 2.45) is 0 Å². The van der Waals surface area contributed by atoms with Gasteiger partial charge in [-0.1, -0.05) is 11.6 Å². The summed E-state index contributed by atoms with van der Waals surface area (Å²) in [5, 5.41) is 10.4. The standard InChI is InChI=1S/C13H17IN2O2/c1-8-5-6-10(9(7-8)11(14)15)16-12(17)18-13(2,3)4/h5-7,15H,1-4H3,(H,16,17). The summed E-state index contributed by atoms with van der Waals surface area (Å²) in [6.45, 7) is 7.37. The second-order valence-corrected chi connectivity index (χ2v) is 6.07. The van der Waals surface area contributed by atoms with Gasteiger partial charge in [-0.3, -0.25) is 10.7 Å². The van der Waals surface area contributed by atoms with E-state index in [0.717, 1.165) is 5.56 Å². The van der Waals surface area contributed by atoms with Crippen LogP contribution < -0.4 is 5.32 Å². The van der Waals surface area contributed by atoms with E-state index in [1.165, 1.54) is 0 Å². The molecule has 2 N–H and O–H groups in total. The van der Waals surface area contributed by atoms with Gasteiger partial charge in [-0.2, -0.15) is 0 Å². The van der Waals surface area contributed by atoms with Gasteiger partial charge in [0.1, 0.15) is 9.32 Å². The number of benzene rings is 1. The van der Waals surface area contributed by atoms with Crippen LogP contribution in [0.2, 0.25) is 0 Å². The minimum Gasteiger partial charge on any atom is -0.444 e. The summed E-state index contributed by atoms with van der Waals surface area (Å²) in [5.41, 5.74) is 1.80. The second-order valence-electron chi connectivity index (χ2n) is 4.99. The fraction of sp³-hybridized carbons (Fsp3) is 0.385. The molecule has 1 amide bonds. The van der Waals surface area contributed by atoms with Gasteiger partial charge < -0.3 is 4.74 Å². The zero-order valence-electron chi connectivity index (χ0n) is 10.9. The van der Waals surface area contributed by atoms with Crippen LogP contribution in [0.15, 0.2) is 18.2 Å². The number of ether oxygens (including phenoxy) is 1. The van der Waals surface area contributed by atoms with Gasteiger partial charge in [0.15, 0.2) is 0 Å². The molecule has 0 saturated heterocycles. The molecule has 0 spiro atoms. The molecule has 1 aromatic carbocycles. The van der Waals surface area contributed by atoms with Gasteiger partial charge in [0.05, 0.1) is 5.69 Å². The van der Waals surface area contributed by atoms with E-state index in [1.54, 1.807) is 6.07 Å². The highest BCUT2D eigenvalue weighted by molar-refractivity contribution is 14.1. The van der Waals surface area contributed by atoms with E-state index in [0.29, 0.717) is 15.0 Å². The molecule has 0 aliphatic rings. The summed E-state index contributed by atoms with van der Waals surface area (Å²) in [7, 11) is 0. The maximum Gasteiger partial charge on any atom is 0.412 e. The van der Waals surface area contributed by atoms with Gasteiger partial charge in [0.25, 0.3) is 0 Å². The Morgan fingerprint density at radius 1 is 1.39 bits per heavy atom. The molecule has 0 saturated carbocycles. The smallest absolute Gasteiger partial charge is 0.412 e. The van der Waals surface area contributed by atoms with E-state index >= 15 is 0 Å². The second kappa shape index (κ2) is 5.69. The third-order valence-corrected chi connectivity index (χ3v) is 2.63. The van der Waals surface area contributed by atoms with Gasteiger partial charge in [0.2, 0.25) is 0 Å². The Morgan fingerprint density at radius 2 is 2.00 bits per heavy atom. The van der Waals surface area contributed by atoms with Crippen LogP contribution >= 0.6 is 22.6 Å². The van der Waals surface area contributed by atoms with Crippen molar-refractivity contribution in [1.82, 2.24) is 0 Å². The van der Waals surface area contributed by atoms with Crippen molar-refractivity contribution in [2.45, 2.75) is 33.3 Å². The number of hydrogen-bond acceptors (Lipinski definition) is 3. The third kappa shape index (κ3) is 4.64. The number of nitrogens with one attached hydrogen (secondary N) is 2. The van der Waals surface area contributed by atoms with Gasteiger partial charge in [0, 0.05) is 5.56 Å². The van der Waals surface area contributed by atoms with Gasteiger partial charge in [-0.15, -0.1) is 0 Å². The van der Waals surface area contributed by atoms with Crippen molar-refractivity contribution in [1.29, 1.82) is 5.41 Å². The Labute approximate surface area is 121 Å². The number of hydrogen-bond donors (Lipinski definition) is 2. The minimum absolute atomic E-state index is 0.377. The molecule has 0 bridgehead atoms. The van der Waals surface area contributed by atoms with Crippen LogP contribution in [0.1, 0.15) is 31.9 Å². The SMILES string of the molecule is Cc1ccc(NC(=O)OC(C)(C)C)c(C(=N)I)c1. The number of carbonyl (C=O) groups excluding carboxylic acids is 1. The normalized spacial score (nSPS) is 10.9. The molecule has 0 aromatic heterocycles. The van der Waals surface area contributed by atoms with Crippen molar-refractivity contribution >= 4 is 38.1 Å². The molecule has 0 aliphatic heterocycles. The van der Waals surface area contributed by atoms with Crippen molar-refractivity contribution in [2.75, 3.05) is 5.32 Å². The molecular weight excluding hydrogens is 343 g/mol. The molecule has 0 fully saturated rings. The largest absolute Gasteiger partial charge is 0.444 e. The van der Waals surface area contributed by atoms with Crippen molar-refractivity contribution in [3.8, 4) is 0 Å². The molecule has 18 heavy (non-hydrogen) atoms. The molecule has 0 atom stereocenters. The topological polar surface area (TPSA) is 62.2 Å². The summed E-state index contributed by atoms with van der Waals surface area (Å²) >= 11 is 1.92. The van der Waals surface area contributed by atoms with Crippen LogP contribution in [0.5, 0.6) is 0 Å². The average molecular weight is 360 g/mol. The van der Waals surface area contributed by atoms with Crippen LogP contribution in [0.25, 0.3) is 0 Å². The van der Waals surface area contributed by atoms with Crippen LogP contribution in [-0.2, 0) is 4.74 Å². The van der Waals surface area contributed by atoms with E-state index in [4.69, 9.17) is 10.1 Å². The molecule has 0 heterocycles. The fourth-order valence-corrected chi connectivity index (χ4v) is 1.81. The highest BCUT2D eigenvalue weighted by Crippen LogP contribution is 2.21. The van der Waals surface area contributed by atoms with E-state index in [9.17, 15) is 4.79 Å². The maximum atomic E-state index is 11.7. The quantitative estimate of drug-likeness (QED) is 0.616. The van der Waals surface area contributed by atoms with E-state index in [2.05, 4.69) is 5.32 Å². The number of carbonyl (C=O) groups is 1. The molecular formula is C13H17IN2O2. The zero-order valence-corrected chi connectivity index (χ0v) is 13.1. The summed E-state index contributed by atoms with van der Waals surface area (Å²) in [6.07, 6.45) is -0.509. The lowest BCUT2D eigenvalue weighted by Crippen LogP contribution is -2.27. The highest BCUT2D eigenvalue weighted by Gasteiger charge is 2.17. The van der Waals surface area contributed by atoms with Crippen LogP contribution in [-0.4, -0.2) is 15.4 Å². The molecule has 5 heteroatoms. The first kappa shape index (κ1) is 14.9. The highest BCUT2D eigenvalue weighted by atomic mass is 127. The van der Waals surface area contributed by atoms with Crippen molar-refractivity contribution < 1.29 is 9.53 Å². The molecule has 1 rings (SSSR count). The lowest BCUT2D eigenvalue weighted by Gasteiger charge is -2.20. The van der Waals surface area contributed by atoms with Crippen LogP contribution in [0, 0.1) is 12.3 Å². The summed E-state index contributed by atoms with van der Waals surface area (Å²) in [6, 6.07) is 5.53. The number of rotatable bonds is 2. The van der Waals surface area contributed by atoms with Crippen LogP contribution in [0.3, 0.4) is 0 Å². The Bertz CT molecular complexity index is 478.